The van der Waals surface area contributed by atoms with Gasteiger partial charge in [0.1, 0.15) is 0 Å². The zero-order valence-corrected chi connectivity index (χ0v) is 24.2. The van der Waals surface area contributed by atoms with Gasteiger partial charge in [-0.2, -0.15) is 18.3 Å². The summed E-state index contributed by atoms with van der Waals surface area (Å²) < 4.78 is 49.5. The molecule has 2 aromatic rings. The lowest BCUT2D eigenvalue weighted by Gasteiger charge is -2.36. The monoisotopic (exact) mass is 603 g/mol. The Labute approximate surface area is 241 Å². The summed E-state index contributed by atoms with van der Waals surface area (Å²) in [7, 11) is 0. The predicted octanol–water partition coefficient (Wildman–Crippen LogP) is 6.87. The molecule has 1 N–H and O–H groups in total. The van der Waals surface area contributed by atoms with Gasteiger partial charge in [-0.05, 0) is 69.9 Å². The number of benzene rings is 1. The summed E-state index contributed by atoms with van der Waals surface area (Å²) in [6, 6.07) is 4.06. The first-order valence-electron chi connectivity index (χ1n) is 13.4. The first-order chi connectivity index (χ1) is 18.7. The second-order valence-electron chi connectivity index (χ2n) is 11.5. The minimum atomic E-state index is -4.86. The molecule has 2 aliphatic carbocycles. The van der Waals surface area contributed by atoms with E-state index in [4.69, 9.17) is 27.9 Å². The molecule has 1 unspecified atom stereocenters. The van der Waals surface area contributed by atoms with Gasteiger partial charge in [-0.25, -0.2) is 0 Å². The number of rotatable bonds is 9. The Morgan fingerprint density at radius 3 is 2.30 bits per heavy atom. The van der Waals surface area contributed by atoms with E-state index in [0.29, 0.717) is 12.8 Å². The third-order valence-corrected chi connectivity index (χ3v) is 8.82. The molecule has 0 aliphatic heterocycles. The van der Waals surface area contributed by atoms with E-state index in [1.807, 2.05) is 6.92 Å². The number of amides is 1. The topological polar surface area (TPSA) is 84.7 Å². The van der Waals surface area contributed by atoms with Gasteiger partial charge in [0.15, 0.2) is 5.69 Å². The van der Waals surface area contributed by atoms with Crippen LogP contribution in [0.4, 0.5) is 13.2 Å². The van der Waals surface area contributed by atoms with E-state index in [1.54, 1.807) is 32.0 Å². The van der Waals surface area contributed by atoms with Crippen LogP contribution in [-0.2, 0) is 15.7 Å². The van der Waals surface area contributed by atoms with Crippen molar-refractivity contribution in [2.45, 2.75) is 77.6 Å². The van der Waals surface area contributed by atoms with Crippen molar-refractivity contribution >= 4 is 35.1 Å². The number of carbonyl (C=O) groups is 2. The number of carbonyl (C=O) groups excluding carboxylic acids is 2. The van der Waals surface area contributed by atoms with Crippen LogP contribution in [0.5, 0.6) is 0 Å². The van der Waals surface area contributed by atoms with Crippen molar-refractivity contribution in [1.82, 2.24) is 14.7 Å². The maximum atomic E-state index is 14.5. The second-order valence-corrected chi connectivity index (χ2v) is 12.3. The SMILES string of the molecule is CCOC(=O)[C@]1(C)CC[C@@H](n2ncc(C(=O)N(CC(O)c3c(Cl)cccc3Cl)CC3(C)CC3)c2C(F)(F)F)CC1. The lowest BCUT2D eigenvalue weighted by Crippen LogP contribution is -2.39. The third kappa shape index (κ3) is 6.44. The summed E-state index contributed by atoms with van der Waals surface area (Å²) in [5.74, 6) is -1.23. The van der Waals surface area contributed by atoms with Crippen molar-refractivity contribution in [3.8, 4) is 0 Å². The van der Waals surface area contributed by atoms with E-state index < -0.39 is 40.9 Å². The maximum absolute atomic E-state index is 14.5. The first-order valence-corrected chi connectivity index (χ1v) is 14.2. The molecule has 40 heavy (non-hydrogen) atoms. The summed E-state index contributed by atoms with van der Waals surface area (Å²) in [4.78, 5) is 27.4. The predicted molar refractivity (Wildman–Crippen MR) is 144 cm³/mol. The normalized spacial score (nSPS) is 23.0. The Bertz CT molecular complexity index is 1230. The molecule has 2 aliphatic rings. The number of aliphatic hydroxyl groups is 1. The molecule has 0 spiro atoms. The number of aliphatic hydroxyl groups excluding tert-OH is 1. The van der Waals surface area contributed by atoms with E-state index in [9.17, 15) is 27.9 Å². The number of alkyl halides is 3. The average molecular weight is 604 g/mol. The fourth-order valence-corrected chi connectivity index (χ4v) is 6.07. The molecule has 2 saturated carbocycles. The van der Waals surface area contributed by atoms with Crippen LogP contribution >= 0.6 is 23.2 Å². The van der Waals surface area contributed by atoms with Gasteiger partial charge in [-0.15, -0.1) is 0 Å². The molecule has 1 aromatic carbocycles. The highest BCUT2D eigenvalue weighted by Gasteiger charge is 2.47. The van der Waals surface area contributed by atoms with Gasteiger partial charge in [0, 0.05) is 22.2 Å². The Kier molecular flexibility index (Phi) is 8.83. The van der Waals surface area contributed by atoms with Crippen molar-refractivity contribution < 1.29 is 32.6 Å². The molecule has 12 heteroatoms. The summed E-state index contributed by atoms with van der Waals surface area (Å²) in [6.45, 7) is 5.51. The van der Waals surface area contributed by atoms with Gasteiger partial charge in [0.25, 0.3) is 5.91 Å². The number of nitrogens with zero attached hydrogens (tertiary/aromatic N) is 3. The van der Waals surface area contributed by atoms with E-state index in [-0.39, 0.29) is 59.5 Å². The molecule has 0 radical (unpaired) electrons. The highest BCUT2D eigenvalue weighted by atomic mass is 35.5. The summed E-state index contributed by atoms with van der Waals surface area (Å²) >= 11 is 12.5. The van der Waals surface area contributed by atoms with Crippen LogP contribution in [0.1, 0.15) is 93.1 Å². The van der Waals surface area contributed by atoms with Gasteiger partial charge < -0.3 is 14.7 Å². The fourth-order valence-electron chi connectivity index (χ4n) is 5.42. The molecule has 0 saturated heterocycles. The minimum Gasteiger partial charge on any atom is -0.466 e. The molecule has 1 atom stereocenters. The van der Waals surface area contributed by atoms with Gasteiger partial charge in [0.2, 0.25) is 0 Å². The number of halogens is 5. The number of hydrogen-bond donors (Lipinski definition) is 1. The Morgan fingerprint density at radius 2 is 1.77 bits per heavy atom. The van der Waals surface area contributed by atoms with Crippen LogP contribution in [0.2, 0.25) is 10.0 Å². The van der Waals surface area contributed by atoms with Crippen molar-refractivity contribution in [2.24, 2.45) is 10.8 Å². The van der Waals surface area contributed by atoms with Crippen LogP contribution < -0.4 is 0 Å². The Balaban J connectivity index is 1.62. The van der Waals surface area contributed by atoms with Gasteiger partial charge in [-0.1, -0.05) is 36.2 Å². The number of ether oxygens (including phenoxy) is 1. The van der Waals surface area contributed by atoms with Crippen LogP contribution in [-0.4, -0.2) is 51.4 Å². The highest BCUT2D eigenvalue weighted by molar-refractivity contribution is 6.36. The number of aromatic nitrogens is 2. The van der Waals surface area contributed by atoms with E-state index in [2.05, 4.69) is 5.10 Å². The van der Waals surface area contributed by atoms with Crippen LogP contribution in [0.15, 0.2) is 24.4 Å². The van der Waals surface area contributed by atoms with Crippen molar-refractivity contribution in [2.75, 3.05) is 19.7 Å². The Morgan fingerprint density at radius 1 is 1.18 bits per heavy atom. The fraction of sp³-hybridized carbons (Fsp3) is 0.607. The molecule has 1 heterocycles. The zero-order chi connectivity index (χ0) is 29.5. The smallest absolute Gasteiger partial charge is 0.433 e. The van der Waals surface area contributed by atoms with E-state index in [1.165, 1.54) is 4.90 Å². The van der Waals surface area contributed by atoms with Crippen LogP contribution in [0, 0.1) is 10.8 Å². The minimum absolute atomic E-state index is 0.161. The van der Waals surface area contributed by atoms with Crippen molar-refractivity contribution in [1.29, 1.82) is 0 Å². The molecule has 1 aromatic heterocycles. The quantitative estimate of drug-likeness (QED) is 0.316. The van der Waals surface area contributed by atoms with E-state index in [0.717, 1.165) is 23.7 Å². The summed E-state index contributed by atoms with van der Waals surface area (Å²) in [6.07, 6.45) is -2.35. The Hall–Kier alpha value is -2.30. The second kappa shape index (κ2) is 11.5. The molecule has 0 bridgehead atoms. The summed E-state index contributed by atoms with van der Waals surface area (Å²) in [5, 5.41) is 15.4. The van der Waals surface area contributed by atoms with Crippen LogP contribution in [0.3, 0.4) is 0 Å². The molecule has 220 valence electrons. The van der Waals surface area contributed by atoms with Gasteiger partial charge >= 0.3 is 12.1 Å². The lowest BCUT2D eigenvalue weighted by molar-refractivity contribution is -0.157. The molecule has 1 amide bonds. The van der Waals surface area contributed by atoms with Gasteiger partial charge in [-0.3, -0.25) is 14.3 Å². The van der Waals surface area contributed by atoms with Gasteiger partial charge in [0.05, 0.1) is 42.5 Å². The lowest BCUT2D eigenvalue weighted by atomic mass is 9.74. The highest BCUT2D eigenvalue weighted by Crippen LogP contribution is 2.47. The maximum Gasteiger partial charge on any atom is 0.433 e. The average Bonchev–Trinajstić information content (AvgIpc) is 3.42. The zero-order valence-electron chi connectivity index (χ0n) is 22.7. The van der Waals surface area contributed by atoms with Crippen LogP contribution in [0.25, 0.3) is 0 Å². The molecular weight excluding hydrogens is 570 g/mol. The molecule has 7 nitrogen and oxygen atoms in total. The number of esters is 1. The number of hydrogen-bond acceptors (Lipinski definition) is 5. The largest absolute Gasteiger partial charge is 0.466 e. The summed E-state index contributed by atoms with van der Waals surface area (Å²) in [5.41, 5.74) is -2.52. The first kappa shape index (κ1) is 30.7. The van der Waals surface area contributed by atoms with Crippen molar-refractivity contribution in [3.63, 3.8) is 0 Å². The van der Waals surface area contributed by atoms with Crippen molar-refractivity contribution in [3.05, 3.63) is 51.3 Å². The molecule has 4 rings (SSSR count). The third-order valence-electron chi connectivity index (χ3n) is 8.16. The van der Waals surface area contributed by atoms with E-state index >= 15 is 0 Å². The standard InChI is InChI=1S/C28H34Cl2F3N3O4/c1-4-40-25(39)27(3)10-8-17(9-11-27)36-23(28(31,32)33)18(14-34-36)24(38)35(16-26(2)12-13-26)15-21(37)22-19(29)6-5-7-20(22)30/h5-7,14,17,21,37H,4,8-13,15-16H2,1-3H3/t17-,21?,27-. The molecular formula is C28H34Cl2F3N3O4. The molecule has 2 fully saturated rings.